The lowest BCUT2D eigenvalue weighted by Gasteiger charge is -1.97. The lowest BCUT2D eigenvalue weighted by atomic mass is 10.1. The minimum Gasteiger partial charge on any atom is -0.337 e. The SMILES string of the molecule is N#CC(=Cc1ccc(-c2cccc([N+](=O)[O-])c2)s1)c1nc2ccccc2[nH]1. The fraction of sp³-hybridized carbons (Fsp3) is 0. The second-order valence-corrected chi connectivity index (χ2v) is 6.90. The third-order valence-electron chi connectivity index (χ3n) is 4.02. The Balaban J connectivity index is 1.68. The number of imidazole rings is 1. The van der Waals surface area contributed by atoms with Crippen molar-refractivity contribution >= 4 is 39.7 Å². The van der Waals surface area contributed by atoms with E-state index in [2.05, 4.69) is 16.0 Å². The first-order valence-corrected chi connectivity index (χ1v) is 8.87. The van der Waals surface area contributed by atoms with Gasteiger partial charge in [-0.1, -0.05) is 24.3 Å². The van der Waals surface area contributed by atoms with Gasteiger partial charge in [0.15, 0.2) is 0 Å². The molecule has 0 spiro atoms. The average Bonchev–Trinajstić information content (AvgIpc) is 3.33. The van der Waals surface area contributed by atoms with Crippen LogP contribution in [0.4, 0.5) is 5.69 Å². The highest BCUT2D eigenvalue weighted by atomic mass is 32.1. The monoisotopic (exact) mass is 372 g/mol. The molecule has 1 N–H and O–H groups in total. The van der Waals surface area contributed by atoms with Gasteiger partial charge in [-0.25, -0.2) is 4.98 Å². The number of nitro groups is 1. The van der Waals surface area contributed by atoms with Crippen LogP contribution >= 0.6 is 11.3 Å². The van der Waals surface area contributed by atoms with Crippen LogP contribution in [0.1, 0.15) is 10.7 Å². The molecule has 0 saturated carbocycles. The Morgan fingerprint density at radius 2 is 2.04 bits per heavy atom. The number of rotatable bonds is 4. The first kappa shape index (κ1) is 16.7. The summed E-state index contributed by atoms with van der Waals surface area (Å²) in [6.07, 6.45) is 1.77. The molecule has 0 bridgehead atoms. The van der Waals surface area contributed by atoms with Gasteiger partial charge in [0, 0.05) is 21.9 Å². The smallest absolute Gasteiger partial charge is 0.270 e. The largest absolute Gasteiger partial charge is 0.337 e. The van der Waals surface area contributed by atoms with E-state index in [1.54, 1.807) is 18.2 Å². The topological polar surface area (TPSA) is 95.6 Å². The van der Waals surface area contributed by atoms with E-state index in [9.17, 15) is 15.4 Å². The molecule has 0 saturated heterocycles. The predicted molar refractivity (Wildman–Crippen MR) is 106 cm³/mol. The van der Waals surface area contributed by atoms with E-state index >= 15 is 0 Å². The summed E-state index contributed by atoms with van der Waals surface area (Å²) in [6.45, 7) is 0. The molecule has 0 unspecified atom stereocenters. The van der Waals surface area contributed by atoms with Gasteiger partial charge < -0.3 is 4.98 Å². The number of aromatic nitrogens is 2. The summed E-state index contributed by atoms with van der Waals surface area (Å²) in [5, 5.41) is 20.5. The van der Waals surface area contributed by atoms with Crippen LogP contribution in [-0.2, 0) is 0 Å². The van der Waals surface area contributed by atoms with Crippen molar-refractivity contribution in [2.75, 3.05) is 0 Å². The lowest BCUT2D eigenvalue weighted by molar-refractivity contribution is -0.384. The van der Waals surface area contributed by atoms with Gasteiger partial charge >= 0.3 is 0 Å². The summed E-state index contributed by atoms with van der Waals surface area (Å²) in [6, 6.07) is 20.1. The molecule has 130 valence electrons. The molecular weight excluding hydrogens is 360 g/mol. The second kappa shape index (κ2) is 6.86. The van der Waals surface area contributed by atoms with Crippen molar-refractivity contribution in [2.45, 2.75) is 0 Å². The van der Waals surface area contributed by atoms with Crippen molar-refractivity contribution in [2.24, 2.45) is 0 Å². The Labute approximate surface area is 158 Å². The molecule has 0 aliphatic rings. The number of fused-ring (bicyclic) bond motifs is 1. The van der Waals surface area contributed by atoms with Crippen molar-refractivity contribution in [3.05, 3.63) is 81.5 Å². The van der Waals surface area contributed by atoms with Gasteiger partial charge in [0.25, 0.3) is 5.69 Å². The molecule has 4 aromatic rings. The molecule has 0 aliphatic heterocycles. The summed E-state index contributed by atoms with van der Waals surface area (Å²) in [7, 11) is 0. The van der Waals surface area contributed by atoms with Crippen LogP contribution in [0.25, 0.3) is 33.1 Å². The van der Waals surface area contributed by atoms with Crippen LogP contribution in [0, 0.1) is 21.4 Å². The van der Waals surface area contributed by atoms with Gasteiger partial charge in [-0.2, -0.15) is 5.26 Å². The predicted octanol–water partition coefficient (Wildman–Crippen LogP) is 5.26. The van der Waals surface area contributed by atoms with E-state index in [1.165, 1.54) is 17.4 Å². The maximum Gasteiger partial charge on any atom is 0.270 e. The molecule has 0 atom stereocenters. The normalized spacial score (nSPS) is 11.4. The fourth-order valence-corrected chi connectivity index (χ4v) is 3.68. The van der Waals surface area contributed by atoms with Gasteiger partial charge in [-0.05, 0) is 35.9 Å². The molecule has 4 rings (SSSR count). The molecule has 0 aliphatic carbocycles. The highest BCUT2D eigenvalue weighted by Crippen LogP contribution is 2.32. The molecule has 2 aromatic carbocycles. The number of nitrogens with one attached hydrogen (secondary N) is 1. The van der Waals surface area contributed by atoms with E-state index in [0.717, 1.165) is 26.4 Å². The van der Waals surface area contributed by atoms with Crippen LogP contribution in [0.3, 0.4) is 0 Å². The van der Waals surface area contributed by atoms with Gasteiger partial charge in [-0.3, -0.25) is 10.1 Å². The standard InChI is InChI=1S/C20H12N4O2S/c21-12-14(20-22-17-6-1-2-7-18(17)23-20)11-16-8-9-19(27-16)13-4-3-5-15(10-13)24(25)26/h1-11H,(H,22,23). The van der Waals surface area contributed by atoms with Gasteiger partial charge in [0.1, 0.15) is 11.9 Å². The van der Waals surface area contributed by atoms with Gasteiger partial charge in [-0.15, -0.1) is 11.3 Å². The minimum atomic E-state index is -0.409. The molecule has 0 fully saturated rings. The summed E-state index contributed by atoms with van der Waals surface area (Å²) in [4.78, 5) is 19.9. The van der Waals surface area contributed by atoms with E-state index in [4.69, 9.17) is 0 Å². The Morgan fingerprint density at radius 1 is 1.19 bits per heavy atom. The molecular formula is C20H12N4O2S. The summed E-state index contributed by atoms with van der Waals surface area (Å²) in [5.74, 6) is 0.518. The maximum atomic E-state index is 11.0. The first-order valence-electron chi connectivity index (χ1n) is 8.05. The summed E-state index contributed by atoms with van der Waals surface area (Å²) >= 11 is 1.46. The van der Waals surface area contributed by atoms with Crippen LogP contribution in [0.5, 0.6) is 0 Å². The van der Waals surface area contributed by atoms with E-state index in [0.29, 0.717) is 11.4 Å². The van der Waals surface area contributed by atoms with E-state index in [-0.39, 0.29) is 5.69 Å². The van der Waals surface area contributed by atoms with Crippen LogP contribution in [0.2, 0.25) is 0 Å². The second-order valence-electron chi connectivity index (χ2n) is 5.78. The summed E-state index contributed by atoms with van der Waals surface area (Å²) < 4.78 is 0. The van der Waals surface area contributed by atoms with Crippen molar-refractivity contribution in [1.82, 2.24) is 9.97 Å². The molecule has 27 heavy (non-hydrogen) atoms. The fourth-order valence-electron chi connectivity index (χ4n) is 2.73. The molecule has 7 heteroatoms. The third kappa shape index (κ3) is 3.34. The van der Waals surface area contributed by atoms with Crippen LogP contribution in [-0.4, -0.2) is 14.9 Å². The van der Waals surface area contributed by atoms with Gasteiger partial charge in [0.2, 0.25) is 0 Å². The van der Waals surface area contributed by atoms with E-state index < -0.39 is 4.92 Å². The van der Waals surface area contributed by atoms with Crippen molar-refractivity contribution in [1.29, 1.82) is 5.26 Å². The molecule has 6 nitrogen and oxygen atoms in total. The highest BCUT2D eigenvalue weighted by Gasteiger charge is 2.11. The van der Waals surface area contributed by atoms with Crippen molar-refractivity contribution in [3.8, 4) is 16.5 Å². The number of H-pyrrole nitrogens is 1. The summed E-state index contributed by atoms with van der Waals surface area (Å²) in [5.41, 5.74) is 2.93. The zero-order valence-corrected chi connectivity index (χ0v) is 14.7. The number of para-hydroxylation sites is 2. The Hall–Kier alpha value is -3.76. The highest BCUT2D eigenvalue weighted by molar-refractivity contribution is 7.16. The Kier molecular flexibility index (Phi) is 4.24. The molecule has 0 amide bonds. The number of benzene rings is 2. The third-order valence-corrected chi connectivity index (χ3v) is 5.10. The Bertz CT molecular complexity index is 1200. The first-order chi connectivity index (χ1) is 13.1. The lowest BCUT2D eigenvalue weighted by Crippen LogP contribution is -1.87. The van der Waals surface area contributed by atoms with Crippen LogP contribution < -0.4 is 0 Å². The van der Waals surface area contributed by atoms with Crippen LogP contribution in [0.15, 0.2) is 60.7 Å². The number of hydrogen-bond acceptors (Lipinski definition) is 5. The zero-order chi connectivity index (χ0) is 18.8. The van der Waals surface area contributed by atoms with E-state index in [1.807, 2.05) is 42.5 Å². The van der Waals surface area contributed by atoms with Crippen molar-refractivity contribution in [3.63, 3.8) is 0 Å². The number of non-ortho nitro benzene ring substituents is 1. The maximum absolute atomic E-state index is 11.0. The zero-order valence-electron chi connectivity index (χ0n) is 13.9. The molecule has 2 heterocycles. The minimum absolute atomic E-state index is 0.0537. The quantitative estimate of drug-likeness (QED) is 0.300. The number of aromatic amines is 1. The number of nitrogens with zero attached hydrogens (tertiary/aromatic N) is 3. The molecule has 0 radical (unpaired) electrons. The number of nitro benzene ring substituents is 1. The van der Waals surface area contributed by atoms with Gasteiger partial charge in [0.05, 0.1) is 21.5 Å². The number of thiophene rings is 1. The molecule has 2 aromatic heterocycles. The number of nitriles is 1. The number of allylic oxidation sites excluding steroid dienone is 1. The number of hydrogen-bond donors (Lipinski definition) is 1. The average molecular weight is 372 g/mol. The van der Waals surface area contributed by atoms with Crippen molar-refractivity contribution < 1.29 is 4.92 Å². The Morgan fingerprint density at radius 3 is 2.81 bits per heavy atom.